The lowest BCUT2D eigenvalue weighted by Gasteiger charge is -2.02. The number of anilines is 1. The molecule has 0 aliphatic heterocycles. The van der Waals surface area contributed by atoms with E-state index in [1.807, 2.05) is 0 Å². The number of nitro benzene ring substituents is 1. The number of hydrogen-bond donors (Lipinski definition) is 1. The van der Waals surface area contributed by atoms with E-state index in [1.54, 1.807) is 0 Å². The van der Waals surface area contributed by atoms with E-state index in [4.69, 9.17) is 0 Å². The fourth-order valence-corrected chi connectivity index (χ4v) is 2.93. The van der Waals surface area contributed by atoms with Gasteiger partial charge in [0, 0.05) is 28.7 Å². The first-order chi connectivity index (χ1) is 11.9. The van der Waals surface area contributed by atoms with Crippen LogP contribution in [-0.4, -0.2) is 20.2 Å². The van der Waals surface area contributed by atoms with E-state index in [9.17, 15) is 19.3 Å². The zero-order chi connectivity index (χ0) is 18.0. The van der Waals surface area contributed by atoms with Crippen LogP contribution in [0.25, 0.3) is 11.4 Å². The number of nitro groups is 1. The van der Waals surface area contributed by atoms with Gasteiger partial charge in [0.25, 0.3) is 11.6 Å². The summed E-state index contributed by atoms with van der Waals surface area (Å²) in [5, 5.41) is 13.7. The van der Waals surface area contributed by atoms with Gasteiger partial charge >= 0.3 is 0 Å². The van der Waals surface area contributed by atoms with Crippen molar-refractivity contribution in [2.75, 3.05) is 5.32 Å². The smallest absolute Gasteiger partial charge is 0.284 e. The Hall–Kier alpha value is -2.72. The second-order valence-corrected chi connectivity index (χ2v) is 6.41. The zero-order valence-corrected chi connectivity index (χ0v) is 14.7. The maximum atomic E-state index is 12.9. The number of aromatic nitrogens is 2. The number of nitrogens with zero attached hydrogens (tertiary/aromatic N) is 3. The van der Waals surface area contributed by atoms with Gasteiger partial charge in [-0.05, 0) is 52.3 Å². The summed E-state index contributed by atoms with van der Waals surface area (Å²) in [6, 6.07) is 9.68. The molecular formula is C15H8BrFN4O3S. The monoisotopic (exact) mass is 422 g/mol. The fraction of sp³-hybridized carbons (Fsp3) is 0. The molecule has 1 aromatic heterocycles. The highest BCUT2D eigenvalue weighted by Gasteiger charge is 2.17. The molecule has 0 unspecified atom stereocenters. The van der Waals surface area contributed by atoms with Gasteiger partial charge in [0.1, 0.15) is 5.82 Å². The van der Waals surface area contributed by atoms with Crippen LogP contribution in [0.1, 0.15) is 10.4 Å². The summed E-state index contributed by atoms with van der Waals surface area (Å²) in [7, 11) is 0. The quantitative estimate of drug-likeness (QED) is 0.499. The van der Waals surface area contributed by atoms with Crippen LogP contribution >= 0.6 is 27.5 Å². The van der Waals surface area contributed by atoms with E-state index in [-0.39, 0.29) is 26.7 Å². The van der Waals surface area contributed by atoms with E-state index in [0.29, 0.717) is 11.4 Å². The average Bonchev–Trinajstić information content (AvgIpc) is 3.04. The number of halogens is 2. The second kappa shape index (κ2) is 7.03. The molecule has 0 spiro atoms. The van der Waals surface area contributed by atoms with E-state index in [1.165, 1.54) is 42.5 Å². The Morgan fingerprint density at radius 1 is 1.24 bits per heavy atom. The summed E-state index contributed by atoms with van der Waals surface area (Å²) in [4.78, 5) is 26.7. The lowest BCUT2D eigenvalue weighted by atomic mass is 10.2. The van der Waals surface area contributed by atoms with Crippen LogP contribution in [0.2, 0.25) is 0 Å². The molecule has 0 saturated carbocycles. The van der Waals surface area contributed by atoms with Crippen LogP contribution in [0.15, 0.2) is 46.9 Å². The highest BCUT2D eigenvalue weighted by Crippen LogP contribution is 2.26. The molecule has 1 heterocycles. The SMILES string of the molecule is O=C(Nc1nc(-c2ccc(F)cc2)ns1)c1ccc(Br)c([N+](=O)[O-])c1. The minimum Gasteiger partial charge on any atom is -0.297 e. The molecule has 1 N–H and O–H groups in total. The number of benzene rings is 2. The molecule has 7 nitrogen and oxygen atoms in total. The van der Waals surface area contributed by atoms with Crippen LogP contribution in [0.3, 0.4) is 0 Å². The maximum absolute atomic E-state index is 12.9. The molecule has 0 saturated heterocycles. The number of amides is 1. The summed E-state index contributed by atoms with van der Waals surface area (Å²) in [6.45, 7) is 0. The van der Waals surface area contributed by atoms with Gasteiger partial charge in [-0.25, -0.2) is 4.39 Å². The van der Waals surface area contributed by atoms with Crippen molar-refractivity contribution in [3.8, 4) is 11.4 Å². The average molecular weight is 423 g/mol. The third-order valence-electron chi connectivity index (χ3n) is 3.15. The molecule has 3 rings (SSSR count). The molecular weight excluding hydrogens is 415 g/mol. The first kappa shape index (κ1) is 17.1. The maximum Gasteiger partial charge on any atom is 0.284 e. The number of carbonyl (C=O) groups excluding carboxylic acids is 1. The minimum atomic E-state index is -0.585. The van der Waals surface area contributed by atoms with Crippen LogP contribution in [-0.2, 0) is 0 Å². The first-order valence-corrected chi connectivity index (χ1v) is 8.35. The van der Waals surface area contributed by atoms with E-state index in [2.05, 4.69) is 30.6 Å². The van der Waals surface area contributed by atoms with Crippen molar-refractivity contribution < 1.29 is 14.1 Å². The third-order valence-corrected chi connectivity index (χ3v) is 4.46. The Kier molecular flexibility index (Phi) is 4.81. The minimum absolute atomic E-state index is 0.119. The van der Waals surface area contributed by atoms with E-state index in [0.717, 1.165) is 11.5 Å². The van der Waals surface area contributed by atoms with Crippen molar-refractivity contribution in [3.63, 3.8) is 0 Å². The van der Waals surface area contributed by atoms with Crippen LogP contribution in [0.4, 0.5) is 15.2 Å². The Morgan fingerprint density at radius 3 is 2.64 bits per heavy atom. The van der Waals surface area contributed by atoms with Crippen molar-refractivity contribution in [1.82, 2.24) is 9.36 Å². The number of nitrogens with one attached hydrogen (secondary N) is 1. The van der Waals surface area contributed by atoms with Crippen molar-refractivity contribution in [3.05, 3.63) is 68.4 Å². The van der Waals surface area contributed by atoms with Gasteiger partial charge < -0.3 is 0 Å². The van der Waals surface area contributed by atoms with Gasteiger partial charge in [-0.2, -0.15) is 9.36 Å². The predicted octanol–water partition coefficient (Wildman–Crippen LogP) is 4.27. The molecule has 0 radical (unpaired) electrons. The van der Waals surface area contributed by atoms with Gasteiger partial charge in [-0.15, -0.1) is 0 Å². The van der Waals surface area contributed by atoms with Gasteiger partial charge in [-0.3, -0.25) is 20.2 Å². The van der Waals surface area contributed by atoms with Gasteiger partial charge in [0.2, 0.25) is 5.13 Å². The van der Waals surface area contributed by atoms with Crippen molar-refractivity contribution >= 4 is 44.2 Å². The molecule has 0 bridgehead atoms. The zero-order valence-electron chi connectivity index (χ0n) is 12.3. The Balaban J connectivity index is 1.79. The lowest BCUT2D eigenvalue weighted by Crippen LogP contribution is -2.12. The molecule has 10 heteroatoms. The predicted molar refractivity (Wildman–Crippen MR) is 94.1 cm³/mol. The summed E-state index contributed by atoms with van der Waals surface area (Å²) >= 11 is 4.02. The van der Waals surface area contributed by atoms with E-state index >= 15 is 0 Å². The topological polar surface area (TPSA) is 98.0 Å². The van der Waals surface area contributed by atoms with Crippen molar-refractivity contribution in [2.45, 2.75) is 0 Å². The standard InChI is InChI=1S/C15H8BrFN4O3S/c16-11-6-3-9(7-12(11)21(23)24)14(22)19-15-18-13(20-25-15)8-1-4-10(17)5-2-8/h1-7H,(H,18,19,20,22). The normalized spacial score (nSPS) is 10.5. The van der Waals surface area contributed by atoms with Crippen LogP contribution < -0.4 is 5.32 Å². The molecule has 1 amide bonds. The Labute approximate surface area is 153 Å². The molecule has 0 fully saturated rings. The molecule has 2 aromatic carbocycles. The molecule has 126 valence electrons. The van der Waals surface area contributed by atoms with E-state index < -0.39 is 10.8 Å². The summed E-state index contributed by atoms with van der Waals surface area (Å²) in [5.74, 6) is -0.566. The van der Waals surface area contributed by atoms with Crippen LogP contribution in [0, 0.1) is 15.9 Å². The Bertz CT molecular complexity index is 962. The largest absolute Gasteiger partial charge is 0.297 e. The molecule has 0 aliphatic carbocycles. The summed E-state index contributed by atoms with van der Waals surface area (Å²) < 4.78 is 17.3. The third kappa shape index (κ3) is 3.86. The highest BCUT2D eigenvalue weighted by atomic mass is 79.9. The summed E-state index contributed by atoms with van der Waals surface area (Å²) in [5.41, 5.74) is 0.516. The van der Waals surface area contributed by atoms with Gasteiger partial charge in [0.15, 0.2) is 5.82 Å². The molecule has 0 atom stereocenters. The molecule has 3 aromatic rings. The fourth-order valence-electron chi connectivity index (χ4n) is 1.95. The van der Waals surface area contributed by atoms with Gasteiger partial charge in [0.05, 0.1) is 9.40 Å². The number of hydrogen-bond acceptors (Lipinski definition) is 6. The lowest BCUT2D eigenvalue weighted by molar-refractivity contribution is -0.385. The first-order valence-electron chi connectivity index (χ1n) is 6.79. The number of carbonyl (C=O) groups is 1. The number of rotatable bonds is 4. The second-order valence-electron chi connectivity index (χ2n) is 4.81. The highest BCUT2D eigenvalue weighted by molar-refractivity contribution is 9.10. The van der Waals surface area contributed by atoms with Gasteiger partial charge in [-0.1, -0.05) is 0 Å². The van der Waals surface area contributed by atoms with Crippen molar-refractivity contribution in [2.24, 2.45) is 0 Å². The van der Waals surface area contributed by atoms with Crippen molar-refractivity contribution in [1.29, 1.82) is 0 Å². The molecule has 25 heavy (non-hydrogen) atoms. The van der Waals surface area contributed by atoms with Crippen LogP contribution in [0.5, 0.6) is 0 Å². The molecule has 0 aliphatic rings. The Morgan fingerprint density at radius 2 is 1.96 bits per heavy atom. The summed E-state index contributed by atoms with van der Waals surface area (Å²) in [6.07, 6.45) is 0.